The number of aromatic nitrogens is 5. The standard InChI is InChI=1S/C17H25N7/c1-3-7-15-21-22-17(24(15)10-6-1)12-18-14-11-16(20-13-19-14)23-8-4-2-5-9-23/h11,13H,1-10,12H2,(H,18,19,20). The van der Waals surface area contributed by atoms with Crippen LogP contribution in [0, 0.1) is 0 Å². The summed E-state index contributed by atoms with van der Waals surface area (Å²) < 4.78 is 2.27. The van der Waals surface area contributed by atoms with Crippen LogP contribution in [-0.2, 0) is 19.5 Å². The van der Waals surface area contributed by atoms with Gasteiger partial charge in [-0.15, -0.1) is 10.2 Å². The molecular formula is C17H25N7. The predicted octanol–water partition coefficient (Wildman–Crippen LogP) is 2.40. The summed E-state index contributed by atoms with van der Waals surface area (Å²) in [6.07, 6.45) is 10.2. The van der Waals surface area contributed by atoms with Gasteiger partial charge >= 0.3 is 0 Å². The molecule has 0 amide bonds. The molecule has 0 saturated carbocycles. The molecule has 0 aromatic carbocycles. The van der Waals surface area contributed by atoms with Crippen LogP contribution in [0.2, 0.25) is 0 Å². The fraction of sp³-hybridized carbons (Fsp3) is 0.647. The highest BCUT2D eigenvalue weighted by molar-refractivity contribution is 5.48. The van der Waals surface area contributed by atoms with E-state index in [1.807, 2.05) is 6.07 Å². The lowest BCUT2D eigenvalue weighted by molar-refractivity contribution is 0.573. The van der Waals surface area contributed by atoms with Gasteiger partial charge in [-0.1, -0.05) is 6.42 Å². The molecule has 1 fully saturated rings. The number of aryl methyl sites for hydroxylation is 1. The van der Waals surface area contributed by atoms with E-state index in [1.54, 1.807) is 6.33 Å². The number of nitrogens with one attached hydrogen (secondary N) is 1. The van der Waals surface area contributed by atoms with E-state index in [2.05, 4.69) is 34.9 Å². The highest BCUT2D eigenvalue weighted by Crippen LogP contribution is 2.20. The molecule has 24 heavy (non-hydrogen) atoms. The monoisotopic (exact) mass is 327 g/mol. The van der Waals surface area contributed by atoms with Gasteiger partial charge in [-0.25, -0.2) is 9.97 Å². The third-order valence-electron chi connectivity index (χ3n) is 4.95. The highest BCUT2D eigenvalue weighted by Gasteiger charge is 2.15. The molecule has 128 valence electrons. The van der Waals surface area contributed by atoms with Gasteiger partial charge in [0.05, 0.1) is 6.54 Å². The van der Waals surface area contributed by atoms with E-state index in [0.29, 0.717) is 6.54 Å². The van der Waals surface area contributed by atoms with E-state index in [-0.39, 0.29) is 0 Å². The second-order valence-electron chi connectivity index (χ2n) is 6.66. The topological polar surface area (TPSA) is 71.8 Å². The van der Waals surface area contributed by atoms with Gasteiger partial charge in [0, 0.05) is 32.1 Å². The van der Waals surface area contributed by atoms with Gasteiger partial charge < -0.3 is 14.8 Å². The first-order valence-electron chi connectivity index (χ1n) is 9.12. The van der Waals surface area contributed by atoms with Crippen LogP contribution in [0.3, 0.4) is 0 Å². The molecule has 4 rings (SSSR count). The van der Waals surface area contributed by atoms with Crippen molar-refractivity contribution in [3.63, 3.8) is 0 Å². The lowest BCUT2D eigenvalue weighted by Crippen LogP contribution is -2.30. The summed E-state index contributed by atoms with van der Waals surface area (Å²) in [5, 5.41) is 12.1. The van der Waals surface area contributed by atoms with Gasteiger partial charge in [-0.05, 0) is 32.1 Å². The molecule has 0 aliphatic carbocycles. The Balaban J connectivity index is 1.43. The van der Waals surface area contributed by atoms with Crippen LogP contribution in [0.15, 0.2) is 12.4 Å². The van der Waals surface area contributed by atoms with Crippen molar-refractivity contribution in [2.24, 2.45) is 0 Å². The number of hydrogen-bond acceptors (Lipinski definition) is 6. The van der Waals surface area contributed by atoms with Crippen molar-refractivity contribution < 1.29 is 0 Å². The first-order valence-corrected chi connectivity index (χ1v) is 9.12. The van der Waals surface area contributed by atoms with Gasteiger partial charge in [0.25, 0.3) is 0 Å². The molecule has 2 aliphatic rings. The molecule has 4 heterocycles. The van der Waals surface area contributed by atoms with E-state index < -0.39 is 0 Å². The molecule has 2 aliphatic heterocycles. The summed E-state index contributed by atoms with van der Waals surface area (Å²) in [5.41, 5.74) is 0. The average molecular weight is 327 g/mol. The van der Waals surface area contributed by atoms with E-state index in [1.165, 1.54) is 38.5 Å². The lowest BCUT2D eigenvalue weighted by atomic mass is 10.1. The quantitative estimate of drug-likeness (QED) is 0.930. The number of nitrogens with zero attached hydrogens (tertiary/aromatic N) is 6. The Hall–Kier alpha value is -2.18. The van der Waals surface area contributed by atoms with Crippen molar-refractivity contribution in [1.82, 2.24) is 24.7 Å². The number of rotatable bonds is 4. The van der Waals surface area contributed by atoms with Crippen LogP contribution in [0.25, 0.3) is 0 Å². The fourth-order valence-electron chi connectivity index (χ4n) is 3.59. The first-order chi connectivity index (χ1) is 11.9. The van der Waals surface area contributed by atoms with E-state index in [9.17, 15) is 0 Å². The van der Waals surface area contributed by atoms with Gasteiger partial charge in [0.15, 0.2) is 5.82 Å². The normalized spacial score (nSPS) is 18.1. The summed E-state index contributed by atoms with van der Waals surface area (Å²) >= 11 is 0. The molecule has 1 saturated heterocycles. The van der Waals surface area contributed by atoms with Gasteiger partial charge in [0.2, 0.25) is 0 Å². The van der Waals surface area contributed by atoms with E-state index >= 15 is 0 Å². The third-order valence-corrected chi connectivity index (χ3v) is 4.95. The number of anilines is 2. The Morgan fingerprint density at radius 3 is 2.67 bits per heavy atom. The Labute approximate surface area is 142 Å². The summed E-state index contributed by atoms with van der Waals surface area (Å²) in [7, 11) is 0. The largest absolute Gasteiger partial charge is 0.363 e. The molecular weight excluding hydrogens is 302 g/mol. The number of fused-ring (bicyclic) bond motifs is 1. The molecule has 0 bridgehead atoms. The zero-order valence-corrected chi connectivity index (χ0v) is 14.1. The van der Waals surface area contributed by atoms with Crippen molar-refractivity contribution in [3.05, 3.63) is 24.0 Å². The maximum atomic E-state index is 4.43. The van der Waals surface area contributed by atoms with Crippen molar-refractivity contribution in [1.29, 1.82) is 0 Å². The minimum absolute atomic E-state index is 0.656. The maximum absolute atomic E-state index is 4.43. The summed E-state index contributed by atoms with van der Waals surface area (Å²) in [4.78, 5) is 11.1. The Morgan fingerprint density at radius 1 is 0.917 bits per heavy atom. The van der Waals surface area contributed by atoms with E-state index in [0.717, 1.165) is 49.3 Å². The second-order valence-corrected chi connectivity index (χ2v) is 6.66. The SMILES string of the molecule is c1nc(NCc2nnc3n2CCCCC3)cc(N2CCCCC2)n1. The molecule has 2 aromatic rings. The van der Waals surface area contributed by atoms with Gasteiger partial charge in [-0.3, -0.25) is 0 Å². The smallest absolute Gasteiger partial charge is 0.152 e. The summed E-state index contributed by atoms with van der Waals surface area (Å²) in [5.74, 6) is 4.01. The molecule has 0 unspecified atom stereocenters. The van der Waals surface area contributed by atoms with Crippen molar-refractivity contribution in [2.75, 3.05) is 23.3 Å². The lowest BCUT2D eigenvalue weighted by Gasteiger charge is -2.27. The van der Waals surface area contributed by atoms with Crippen LogP contribution >= 0.6 is 0 Å². The third kappa shape index (κ3) is 3.34. The van der Waals surface area contributed by atoms with Gasteiger partial charge in [0.1, 0.15) is 23.8 Å². The molecule has 7 heteroatoms. The van der Waals surface area contributed by atoms with Crippen molar-refractivity contribution in [2.45, 2.75) is 58.0 Å². The van der Waals surface area contributed by atoms with Crippen LogP contribution in [0.4, 0.5) is 11.6 Å². The Bertz CT molecular complexity index is 675. The van der Waals surface area contributed by atoms with Gasteiger partial charge in [-0.2, -0.15) is 0 Å². The average Bonchev–Trinajstić information content (AvgIpc) is 2.87. The number of hydrogen-bond donors (Lipinski definition) is 1. The number of piperidine rings is 1. The molecule has 1 N–H and O–H groups in total. The molecule has 0 atom stereocenters. The van der Waals surface area contributed by atoms with E-state index in [4.69, 9.17) is 0 Å². The molecule has 7 nitrogen and oxygen atoms in total. The predicted molar refractivity (Wildman–Crippen MR) is 93.0 cm³/mol. The molecule has 2 aromatic heterocycles. The van der Waals surface area contributed by atoms with Crippen LogP contribution in [0.1, 0.15) is 50.2 Å². The van der Waals surface area contributed by atoms with Crippen molar-refractivity contribution in [3.8, 4) is 0 Å². The summed E-state index contributed by atoms with van der Waals surface area (Å²) in [6, 6.07) is 2.05. The van der Waals surface area contributed by atoms with Crippen LogP contribution in [-0.4, -0.2) is 37.8 Å². The second kappa shape index (κ2) is 7.15. The van der Waals surface area contributed by atoms with Crippen LogP contribution < -0.4 is 10.2 Å². The zero-order chi connectivity index (χ0) is 16.2. The first kappa shape index (κ1) is 15.4. The maximum Gasteiger partial charge on any atom is 0.152 e. The fourth-order valence-corrected chi connectivity index (χ4v) is 3.59. The van der Waals surface area contributed by atoms with Crippen molar-refractivity contribution >= 4 is 11.6 Å². The molecule has 0 spiro atoms. The molecule has 0 radical (unpaired) electrons. The summed E-state index contributed by atoms with van der Waals surface area (Å²) in [6.45, 7) is 3.87. The minimum atomic E-state index is 0.656. The Kier molecular flexibility index (Phi) is 4.57. The zero-order valence-electron chi connectivity index (χ0n) is 14.1. The van der Waals surface area contributed by atoms with Crippen LogP contribution in [0.5, 0.6) is 0 Å². The highest BCUT2D eigenvalue weighted by atomic mass is 15.3. The Morgan fingerprint density at radius 2 is 1.75 bits per heavy atom. The minimum Gasteiger partial charge on any atom is -0.363 e.